The standard InChI is InChI=1S/C29H36FN5O5/c1-5-38-26(36)21-17-31-35-15-11-24(32-25(21)35)34-14-7-6-8-22(34)20-16-19(30)9-10-23(20)39-18-29(12-13-29)33-27(37)40-28(2,3)4/h9-11,15-17,22H,5-8,12-14,18H2,1-4H3,(H,33,37)/t22-/m1/s1. The van der Waals surface area contributed by atoms with Crippen molar-refractivity contribution in [3.8, 4) is 5.75 Å². The minimum atomic E-state index is -0.597. The van der Waals surface area contributed by atoms with E-state index < -0.39 is 23.2 Å². The fourth-order valence-corrected chi connectivity index (χ4v) is 5.00. The Bertz CT molecular complexity index is 1400. The number of hydrogen-bond donors (Lipinski definition) is 1. The second-order valence-electron chi connectivity index (χ2n) is 11.4. The normalized spacial score (nSPS) is 18.3. The summed E-state index contributed by atoms with van der Waals surface area (Å²) in [6.45, 7) is 8.41. The summed E-state index contributed by atoms with van der Waals surface area (Å²) < 4.78 is 33.0. The third-order valence-electron chi connectivity index (χ3n) is 7.10. The molecule has 1 aliphatic heterocycles. The van der Waals surface area contributed by atoms with Crippen LogP contribution in [0.1, 0.15) is 81.8 Å². The molecule has 3 heterocycles. The minimum Gasteiger partial charge on any atom is -0.491 e. The van der Waals surface area contributed by atoms with Crippen LogP contribution in [0.15, 0.2) is 36.7 Å². The van der Waals surface area contributed by atoms with E-state index in [0.717, 1.165) is 32.1 Å². The molecule has 2 fully saturated rings. The van der Waals surface area contributed by atoms with E-state index in [0.29, 0.717) is 34.9 Å². The summed E-state index contributed by atoms with van der Waals surface area (Å²) in [5, 5.41) is 7.18. The Balaban J connectivity index is 1.39. The number of aromatic nitrogens is 3. The molecule has 2 aliphatic rings. The molecular formula is C29H36FN5O5. The highest BCUT2D eigenvalue weighted by molar-refractivity contribution is 5.95. The van der Waals surface area contributed by atoms with E-state index in [1.165, 1.54) is 22.8 Å². The van der Waals surface area contributed by atoms with Crippen LogP contribution in [-0.4, -0.2) is 57.6 Å². The summed E-state index contributed by atoms with van der Waals surface area (Å²) in [5.41, 5.74) is 0.312. The van der Waals surface area contributed by atoms with Gasteiger partial charge < -0.3 is 24.4 Å². The van der Waals surface area contributed by atoms with Crippen LogP contribution in [0.25, 0.3) is 5.65 Å². The first-order valence-corrected chi connectivity index (χ1v) is 13.8. The lowest BCUT2D eigenvalue weighted by Crippen LogP contribution is -2.44. The van der Waals surface area contributed by atoms with Crippen LogP contribution in [0.5, 0.6) is 5.75 Å². The molecule has 1 amide bonds. The Kier molecular flexibility index (Phi) is 7.57. The van der Waals surface area contributed by atoms with Gasteiger partial charge in [0.1, 0.15) is 35.2 Å². The van der Waals surface area contributed by atoms with Gasteiger partial charge in [-0.05, 0) is 84.1 Å². The Morgan fingerprint density at radius 1 is 1.20 bits per heavy atom. The van der Waals surface area contributed by atoms with E-state index >= 15 is 0 Å². The molecule has 1 atom stereocenters. The van der Waals surface area contributed by atoms with Crippen LogP contribution >= 0.6 is 0 Å². The number of nitrogens with zero attached hydrogens (tertiary/aromatic N) is 4. The highest BCUT2D eigenvalue weighted by Crippen LogP contribution is 2.41. The van der Waals surface area contributed by atoms with Crippen molar-refractivity contribution in [3.05, 3.63) is 53.6 Å². The quantitative estimate of drug-likeness (QED) is 0.379. The number of alkyl carbamates (subject to hydrolysis) is 1. The van der Waals surface area contributed by atoms with Gasteiger partial charge in [-0.1, -0.05) is 0 Å². The molecule has 0 spiro atoms. The van der Waals surface area contributed by atoms with Crippen molar-refractivity contribution < 1.29 is 28.2 Å². The fraction of sp³-hybridized carbons (Fsp3) is 0.517. The molecule has 40 heavy (non-hydrogen) atoms. The van der Waals surface area contributed by atoms with Gasteiger partial charge in [-0.15, -0.1) is 0 Å². The zero-order valence-corrected chi connectivity index (χ0v) is 23.4. The number of carbonyl (C=O) groups excluding carboxylic acids is 2. The molecule has 1 saturated carbocycles. The number of fused-ring (bicyclic) bond motifs is 1. The monoisotopic (exact) mass is 553 g/mol. The summed E-state index contributed by atoms with van der Waals surface area (Å²) in [6, 6.07) is 6.19. The SMILES string of the molecule is CCOC(=O)c1cnn2ccc(N3CCCC[C@@H]3c3cc(F)ccc3OCC3(NC(=O)OC(C)(C)C)CC3)nc12. The molecule has 0 unspecified atom stereocenters. The first-order chi connectivity index (χ1) is 19.1. The molecule has 1 saturated heterocycles. The van der Waals surface area contributed by atoms with Gasteiger partial charge in [-0.25, -0.2) is 23.5 Å². The van der Waals surface area contributed by atoms with Gasteiger partial charge in [0.05, 0.1) is 24.4 Å². The number of anilines is 1. The third-order valence-corrected chi connectivity index (χ3v) is 7.10. The molecular weight excluding hydrogens is 517 g/mol. The van der Waals surface area contributed by atoms with Crippen molar-refractivity contribution >= 4 is 23.5 Å². The Morgan fingerprint density at radius 3 is 2.73 bits per heavy atom. The molecule has 1 N–H and O–H groups in total. The van der Waals surface area contributed by atoms with Crippen molar-refractivity contribution in [2.75, 3.05) is 24.7 Å². The molecule has 3 aromatic rings. The van der Waals surface area contributed by atoms with Crippen LogP contribution in [0.4, 0.5) is 15.0 Å². The second-order valence-corrected chi connectivity index (χ2v) is 11.4. The third kappa shape index (κ3) is 6.13. The van der Waals surface area contributed by atoms with Crippen molar-refractivity contribution in [1.29, 1.82) is 0 Å². The van der Waals surface area contributed by atoms with Crippen LogP contribution in [0, 0.1) is 5.82 Å². The highest BCUT2D eigenvalue weighted by Gasteiger charge is 2.46. The van der Waals surface area contributed by atoms with Gasteiger partial charge in [-0.2, -0.15) is 5.10 Å². The molecule has 214 valence electrons. The fourth-order valence-electron chi connectivity index (χ4n) is 5.00. The number of carbonyl (C=O) groups is 2. The molecule has 11 heteroatoms. The van der Waals surface area contributed by atoms with Crippen LogP contribution < -0.4 is 15.0 Å². The molecule has 2 aromatic heterocycles. The number of piperidine rings is 1. The summed E-state index contributed by atoms with van der Waals surface area (Å²) in [4.78, 5) is 31.7. The number of halogens is 1. The van der Waals surface area contributed by atoms with Crippen molar-refractivity contribution in [3.63, 3.8) is 0 Å². The summed E-state index contributed by atoms with van der Waals surface area (Å²) in [5.74, 6) is 0.383. The van der Waals surface area contributed by atoms with E-state index in [1.807, 2.05) is 26.8 Å². The van der Waals surface area contributed by atoms with Crippen molar-refractivity contribution in [2.24, 2.45) is 0 Å². The summed E-state index contributed by atoms with van der Waals surface area (Å²) >= 11 is 0. The molecule has 10 nitrogen and oxygen atoms in total. The smallest absolute Gasteiger partial charge is 0.408 e. The Morgan fingerprint density at radius 2 is 2.00 bits per heavy atom. The lowest BCUT2D eigenvalue weighted by Gasteiger charge is -2.37. The Hall–Kier alpha value is -3.89. The molecule has 0 bridgehead atoms. The van der Waals surface area contributed by atoms with Gasteiger partial charge in [0, 0.05) is 18.3 Å². The minimum absolute atomic E-state index is 0.197. The van der Waals surface area contributed by atoms with Gasteiger partial charge in [0.2, 0.25) is 0 Å². The topological polar surface area (TPSA) is 107 Å². The van der Waals surface area contributed by atoms with Gasteiger partial charge in [0.25, 0.3) is 0 Å². The second kappa shape index (κ2) is 10.9. The predicted octanol–water partition coefficient (Wildman–Crippen LogP) is 5.21. The maximum atomic E-state index is 14.6. The maximum Gasteiger partial charge on any atom is 0.408 e. The maximum absolute atomic E-state index is 14.6. The molecule has 0 radical (unpaired) electrons. The zero-order valence-electron chi connectivity index (χ0n) is 23.4. The predicted molar refractivity (Wildman–Crippen MR) is 146 cm³/mol. The first kappa shape index (κ1) is 27.7. The number of amides is 1. The van der Waals surface area contributed by atoms with E-state index in [-0.39, 0.29) is 25.1 Å². The van der Waals surface area contributed by atoms with E-state index in [2.05, 4.69) is 15.3 Å². The summed E-state index contributed by atoms with van der Waals surface area (Å²) in [7, 11) is 0. The van der Waals surface area contributed by atoms with Crippen LogP contribution in [0.3, 0.4) is 0 Å². The average Bonchev–Trinajstić information content (AvgIpc) is 3.52. The number of ether oxygens (including phenoxy) is 3. The Labute approximate surface area is 232 Å². The first-order valence-electron chi connectivity index (χ1n) is 13.8. The van der Waals surface area contributed by atoms with Crippen molar-refractivity contribution in [2.45, 2.75) is 77.0 Å². The van der Waals surface area contributed by atoms with Crippen LogP contribution in [-0.2, 0) is 9.47 Å². The van der Waals surface area contributed by atoms with Gasteiger partial charge in [-0.3, -0.25) is 0 Å². The van der Waals surface area contributed by atoms with Crippen LogP contribution in [0.2, 0.25) is 0 Å². The van der Waals surface area contributed by atoms with E-state index in [4.69, 9.17) is 19.2 Å². The number of esters is 1. The molecule has 1 aromatic carbocycles. The van der Waals surface area contributed by atoms with Crippen molar-refractivity contribution in [1.82, 2.24) is 19.9 Å². The summed E-state index contributed by atoms with van der Waals surface area (Å²) in [6.07, 6.45) is 6.97. The number of hydrogen-bond acceptors (Lipinski definition) is 8. The van der Waals surface area contributed by atoms with Gasteiger partial charge in [0.15, 0.2) is 5.65 Å². The van der Waals surface area contributed by atoms with E-state index in [9.17, 15) is 14.0 Å². The highest BCUT2D eigenvalue weighted by atomic mass is 19.1. The lowest BCUT2D eigenvalue weighted by molar-refractivity contribution is 0.0474. The number of benzene rings is 1. The molecule has 5 rings (SSSR count). The largest absolute Gasteiger partial charge is 0.491 e. The molecule has 1 aliphatic carbocycles. The average molecular weight is 554 g/mol. The number of nitrogens with one attached hydrogen (secondary N) is 1. The van der Waals surface area contributed by atoms with E-state index in [1.54, 1.807) is 19.2 Å². The van der Waals surface area contributed by atoms with Gasteiger partial charge >= 0.3 is 12.1 Å². The lowest BCUT2D eigenvalue weighted by atomic mass is 9.94. The zero-order chi connectivity index (χ0) is 28.5. The number of rotatable bonds is 8.